The minimum Gasteiger partial charge on any atom is -0.508 e. The molecule has 0 aromatic heterocycles. The number of hydrogen-bond donors (Lipinski definition) is 1. The number of anilines is 1. The zero-order chi connectivity index (χ0) is 24.3. The number of benzene rings is 2. The van der Waals surface area contributed by atoms with E-state index < -0.39 is 11.5 Å². The highest BCUT2D eigenvalue weighted by molar-refractivity contribution is 6.04. The number of phenols is 1. The lowest BCUT2D eigenvalue weighted by atomic mass is 9.84. The number of Topliss-reactive ketones (excluding diaryl/α,β-unsaturated/α-hetero) is 1. The Bertz CT molecular complexity index is 952. The van der Waals surface area contributed by atoms with Gasteiger partial charge in [-0.15, -0.1) is 0 Å². The normalized spacial score (nSPS) is 12.8. The lowest BCUT2D eigenvalue weighted by Crippen LogP contribution is -2.45. The number of phenolic OH excluding ortho intramolecular Hbond substituents is 1. The van der Waals surface area contributed by atoms with Crippen LogP contribution in [0.15, 0.2) is 42.5 Å². The molecule has 2 aromatic carbocycles. The van der Waals surface area contributed by atoms with E-state index in [1.54, 1.807) is 42.3 Å². The van der Waals surface area contributed by atoms with Crippen LogP contribution < -0.4 is 14.4 Å². The Labute approximate surface area is 191 Å². The molecule has 0 saturated heterocycles. The van der Waals surface area contributed by atoms with Crippen LogP contribution in [-0.4, -0.2) is 31.0 Å². The highest BCUT2D eigenvalue weighted by Crippen LogP contribution is 2.39. The van der Waals surface area contributed by atoms with Gasteiger partial charge < -0.3 is 14.6 Å². The van der Waals surface area contributed by atoms with Gasteiger partial charge in [-0.1, -0.05) is 53.7 Å². The van der Waals surface area contributed by atoms with Crippen molar-refractivity contribution >= 4 is 17.4 Å². The third-order valence-corrected chi connectivity index (χ3v) is 4.98. The van der Waals surface area contributed by atoms with Gasteiger partial charge in [0.15, 0.2) is 17.3 Å². The Balaban J connectivity index is 2.75. The molecule has 2 rings (SSSR count). The predicted octanol–water partition coefficient (Wildman–Crippen LogP) is 5.54. The van der Waals surface area contributed by atoms with Crippen LogP contribution in [0.25, 0.3) is 0 Å². The summed E-state index contributed by atoms with van der Waals surface area (Å²) in [6, 6.07) is 10.7. The second-order valence-corrected chi connectivity index (χ2v) is 10.2. The number of ether oxygens (including phenoxy) is 2. The maximum Gasteiger partial charge on any atom is 0.233 e. The predicted molar refractivity (Wildman–Crippen MR) is 126 cm³/mol. The lowest BCUT2D eigenvalue weighted by molar-refractivity contribution is -0.130. The van der Waals surface area contributed by atoms with Crippen molar-refractivity contribution in [2.75, 3.05) is 19.1 Å². The number of carbonyl (C=O) groups excluding carboxylic acids is 2. The standard InChI is InChI=1S/C26H35NO5/c1-25(2,3)16-20(29)23(17-9-12-19(28)13-10-17)27(24(30)26(4,5)6)18-11-14-21(31-7)22(15-18)32-8/h9-15,23,28H,16H2,1-8H3. The molecule has 0 spiro atoms. The van der Waals surface area contributed by atoms with Crippen molar-refractivity contribution in [3.8, 4) is 17.2 Å². The fraction of sp³-hybridized carbons (Fsp3) is 0.462. The van der Waals surface area contributed by atoms with E-state index in [-0.39, 0.29) is 29.3 Å². The molecule has 0 radical (unpaired) electrons. The number of carbonyl (C=O) groups is 2. The molecular weight excluding hydrogens is 406 g/mol. The first-order chi connectivity index (χ1) is 14.8. The molecule has 2 aromatic rings. The summed E-state index contributed by atoms with van der Waals surface area (Å²) < 4.78 is 10.8. The smallest absolute Gasteiger partial charge is 0.233 e. The van der Waals surface area contributed by atoms with Crippen LogP contribution >= 0.6 is 0 Å². The summed E-state index contributed by atoms with van der Waals surface area (Å²) in [4.78, 5) is 28.9. The Morgan fingerprint density at radius 2 is 1.47 bits per heavy atom. The van der Waals surface area contributed by atoms with E-state index in [4.69, 9.17) is 9.47 Å². The Morgan fingerprint density at radius 1 is 0.906 bits per heavy atom. The van der Waals surface area contributed by atoms with Crippen molar-refractivity contribution in [2.45, 2.75) is 54.0 Å². The molecule has 1 amide bonds. The van der Waals surface area contributed by atoms with Crippen LogP contribution in [0, 0.1) is 10.8 Å². The average molecular weight is 442 g/mol. The summed E-state index contributed by atoms with van der Waals surface area (Å²) in [5.41, 5.74) is 0.150. The molecule has 1 unspecified atom stereocenters. The van der Waals surface area contributed by atoms with Gasteiger partial charge in [-0.05, 0) is 35.2 Å². The molecule has 174 valence electrons. The fourth-order valence-electron chi connectivity index (χ4n) is 3.47. The van der Waals surface area contributed by atoms with Crippen LogP contribution in [-0.2, 0) is 9.59 Å². The third-order valence-electron chi connectivity index (χ3n) is 4.98. The summed E-state index contributed by atoms with van der Waals surface area (Å²) in [7, 11) is 3.07. The molecule has 6 heteroatoms. The van der Waals surface area contributed by atoms with Gasteiger partial charge in [0.25, 0.3) is 0 Å². The number of aromatic hydroxyl groups is 1. The number of methoxy groups -OCH3 is 2. The molecule has 0 saturated carbocycles. The Kier molecular flexibility index (Phi) is 7.60. The topological polar surface area (TPSA) is 76.1 Å². The van der Waals surface area contributed by atoms with Crippen LogP contribution in [0.3, 0.4) is 0 Å². The van der Waals surface area contributed by atoms with Gasteiger partial charge in [0.05, 0.1) is 14.2 Å². The molecule has 0 heterocycles. The first kappa shape index (κ1) is 25.2. The van der Waals surface area contributed by atoms with Crippen LogP contribution in [0.2, 0.25) is 0 Å². The largest absolute Gasteiger partial charge is 0.508 e. The number of nitrogens with zero attached hydrogens (tertiary/aromatic N) is 1. The highest BCUT2D eigenvalue weighted by Gasteiger charge is 2.38. The Morgan fingerprint density at radius 3 is 1.94 bits per heavy atom. The zero-order valence-corrected chi connectivity index (χ0v) is 20.4. The SMILES string of the molecule is COc1ccc(N(C(=O)C(C)(C)C)C(C(=O)CC(C)(C)C)c2ccc(O)cc2)cc1OC. The molecule has 0 aliphatic carbocycles. The number of rotatable bonds is 7. The van der Waals surface area contributed by atoms with E-state index in [2.05, 4.69) is 0 Å². The fourth-order valence-corrected chi connectivity index (χ4v) is 3.47. The van der Waals surface area contributed by atoms with Crippen molar-refractivity contribution < 1.29 is 24.2 Å². The first-order valence-electron chi connectivity index (χ1n) is 10.7. The van der Waals surface area contributed by atoms with E-state index in [1.807, 2.05) is 41.5 Å². The summed E-state index contributed by atoms with van der Waals surface area (Å²) in [5, 5.41) is 9.79. The van der Waals surface area contributed by atoms with Crippen molar-refractivity contribution in [3.63, 3.8) is 0 Å². The maximum absolute atomic E-state index is 13.7. The molecule has 1 atom stereocenters. The second kappa shape index (κ2) is 9.63. The lowest BCUT2D eigenvalue weighted by Gasteiger charge is -2.37. The third kappa shape index (κ3) is 6.02. The summed E-state index contributed by atoms with van der Waals surface area (Å²) in [6.45, 7) is 11.4. The molecular formula is C26H35NO5. The molecule has 1 N–H and O–H groups in total. The van der Waals surface area contributed by atoms with E-state index in [0.29, 0.717) is 22.7 Å². The Hall–Kier alpha value is -3.02. The van der Waals surface area contributed by atoms with Gasteiger partial charge in [-0.3, -0.25) is 14.5 Å². The first-order valence-corrected chi connectivity index (χ1v) is 10.7. The van der Waals surface area contributed by atoms with E-state index in [1.165, 1.54) is 19.2 Å². The van der Waals surface area contributed by atoms with Gasteiger partial charge in [0.1, 0.15) is 11.8 Å². The van der Waals surface area contributed by atoms with E-state index >= 15 is 0 Å². The van der Waals surface area contributed by atoms with Gasteiger partial charge in [0.2, 0.25) is 5.91 Å². The number of ketones is 1. The zero-order valence-electron chi connectivity index (χ0n) is 20.4. The monoisotopic (exact) mass is 441 g/mol. The van der Waals surface area contributed by atoms with E-state index in [9.17, 15) is 14.7 Å². The average Bonchev–Trinajstić information content (AvgIpc) is 2.69. The van der Waals surface area contributed by atoms with Crippen LogP contribution in [0.5, 0.6) is 17.2 Å². The minimum atomic E-state index is -0.861. The quantitative estimate of drug-likeness (QED) is 0.611. The summed E-state index contributed by atoms with van der Waals surface area (Å²) in [5.74, 6) is 0.794. The summed E-state index contributed by atoms with van der Waals surface area (Å²) in [6.07, 6.45) is 0.278. The maximum atomic E-state index is 13.7. The second-order valence-electron chi connectivity index (χ2n) is 10.2. The number of amides is 1. The number of hydrogen-bond acceptors (Lipinski definition) is 5. The van der Waals surface area contributed by atoms with Gasteiger partial charge in [-0.2, -0.15) is 0 Å². The van der Waals surface area contributed by atoms with Gasteiger partial charge in [0, 0.05) is 23.6 Å². The summed E-state index contributed by atoms with van der Waals surface area (Å²) >= 11 is 0. The van der Waals surface area contributed by atoms with Crippen molar-refractivity contribution in [2.24, 2.45) is 10.8 Å². The molecule has 0 aliphatic heterocycles. The molecule has 6 nitrogen and oxygen atoms in total. The van der Waals surface area contributed by atoms with Crippen LogP contribution in [0.4, 0.5) is 5.69 Å². The van der Waals surface area contributed by atoms with Crippen molar-refractivity contribution in [3.05, 3.63) is 48.0 Å². The van der Waals surface area contributed by atoms with Gasteiger partial charge >= 0.3 is 0 Å². The minimum absolute atomic E-state index is 0.0874. The molecule has 32 heavy (non-hydrogen) atoms. The molecule has 0 aliphatic rings. The molecule has 0 fully saturated rings. The van der Waals surface area contributed by atoms with Gasteiger partial charge in [-0.25, -0.2) is 0 Å². The highest BCUT2D eigenvalue weighted by atomic mass is 16.5. The van der Waals surface area contributed by atoms with E-state index in [0.717, 1.165) is 0 Å². The molecule has 0 bridgehead atoms. The van der Waals surface area contributed by atoms with Crippen molar-refractivity contribution in [1.29, 1.82) is 0 Å². The van der Waals surface area contributed by atoms with Crippen LogP contribution in [0.1, 0.15) is 59.6 Å². The van der Waals surface area contributed by atoms with Crippen molar-refractivity contribution in [1.82, 2.24) is 0 Å².